The number of nitrogens with two attached hydrogens (primary N) is 1. The molecule has 26 heavy (non-hydrogen) atoms. The Morgan fingerprint density at radius 3 is 2.77 bits per heavy atom. The van der Waals surface area contributed by atoms with E-state index in [0.717, 1.165) is 0 Å². The Balaban J connectivity index is 2.38. The maximum atomic E-state index is 13.1. The largest absolute Gasteiger partial charge is 0.459 e. The number of nitrogens with one attached hydrogen (secondary N) is 1. The highest BCUT2D eigenvalue weighted by Crippen LogP contribution is 2.52. The second-order valence-electron chi connectivity index (χ2n) is 6.23. The van der Waals surface area contributed by atoms with Gasteiger partial charge in [-0.15, -0.1) is 0 Å². The normalized spacial score (nSPS) is 21.5. The lowest BCUT2D eigenvalue weighted by Crippen LogP contribution is -2.46. The maximum Gasteiger partial charge on any atom is 0.339 e. The van der Waals surface area contributed by atoms with E-state index in [1.807, 2.05) is 6.07 Å². The standard InChI is InChI=1S/C18H16ClN3O4/c1-8(2)25-16(23)14-9(3)26-15(21)12(7-20)18(14)11-6-10(19)4-5-13(11)22-17(18)24/h4-6,8H,21H2,1-3H3,(H,22,24)/t18-/m0/s1. The summed E-state index contributed by atoms with van der Waals surface area (Å²) in [7, 11) is 0. The minimum absolute atomic E-state index is 0.0875. The van der Waals surface area contributed by atoms with Crippen molar-refractivity contribution in [2.24, 2.45) is 5.73 Å². The molecule has 0 saturated carbocycles. The summed E-state index contributed by atoms with van der Waals surface area (Å²) in [6.45, 7) is 4.85. The SMILES string of the molecule is CC1=C(C(=O)OC(C)C)[C@@]2(C(=O)Nc3ccc(Cl)cc32)C(C#N)=C(N)O1. The van der Waals surface area contributed by atoms with E-state index < -0.39 is 23.4 Å². The Bertz CT molecular complexity index is 942. The van der Waals surface area contributed by atoms with Gasteiger partial charge in [-0.3, -0.25) is 4.79 Å². The first-order valence-corrected chi connectivity index (χ1v) is 8.23. The van der Waals surface area contributed by atoms with E-state index in [4.69, 9.17) is 26.8 Å². The molecular formula is C18H16ClN3O4. The van der Waals surface area contributed by atoms with Gasteiger partial charge in [0, 0.05) is 16.3 Å². The van der Waals surface area contributed by atoms with Gasteiger partial charge >= 0.3 is 5.97 Å². The molecular weight excluding hydrogens is 358 g/mol. The van der Waals surface area contributed by atoms with Crippen LogP contribution in [-0.4, -0.2) is 18.0 Å². The quantitative estimate of drug-likeness (QED) is 0.769. The summed E-state index contributed by atoms with van der Waals surface area (Å²) in [5.41, 5.74) is 4.64. The number of fused-ring (bicyclic) bond motifs is 2. The van der Waals surface area contributed by atoms with Crippen molar-refractivity contribution in [2.45, 2.75) is 32.3 Å². The van der Waals surface area contributed by atoms with Gasteiger partial charge in [0.1, 0.15) is 23.0 Å². The number of allylic oxidation sites excluding steroid dienone is 1. The van der Waals surface area contributed by atoms with E-state index in [1.165, 1.54) is 13.0 Å². The van der Waals surface area contributed by atoms with E-state index in [9.17, 15) is 14.9 Å². The first-order valence-electron chi connectivity index (χ1n) is 7.85. The Morgan fingerprint density at radius 1 is 1.46 bits per heavy atom. The summed E-state index contributed by atoms with van der Waals surface area (Å²) in [4.78, 5) is 25.9. The number of anilines is 1. The lowest BCUT2D eigenvalue weighted by molar-refractivity contribution is -0.144. The highest BCUT2D eigenvalue weighted by atomic mass is 35.5. The van der Waals surface area contributed by atoms with Crippen molar-refractivity contribution >= 4 is 29.2 Å². The average Bonchev–Trinajstić information content (AvgIpc) is 2.80. The number of rotatable bonds is 2. The summed E-state index contributed by atoms with van der Waals surface area (Å²) >= 11 is 6.12. The van der Waals surface area contributed by atoms with Crippen molar-refractivity contribution in [1.29, 1.82) is 5.26 Å². The van der Waals surface area contributed by atoms with Gasteiger partial charge in [0.05, 0.1) is 6.10 Å². The van der Waals surface area contributed by atoms with Crippen molar-refractivity contribution in [3.05, 3.63) is 51.6 Å². The van der Waals surface area contributed by atoms with Gasteiger partial charge < -0.3 is 20.5 Å². The van der Waals surface area contributed by atoms with Gasteiger partial charge in [0.25, 0.3) is 0 Å². The zero-order chi connectivity index (χ0) is 19.2. The van der Waals surface area contributed by atoms with Crippen LogP contribution in [0.2, 0.25) is 5.02 Å². The topological polar surface area (TPSA) is 114 Å². The smallest absolute Gasteiger partial charge is 0.339 e. The molecule has 1 aromatic carbocycles. The van der Waals surface area contributed by atoms with Crippen LogP contribution in [-0.2, 0) is 24.5 Å². The third-order valence-corrected chi connectivity index (χ3v) is 4.48. The van der Waals surface area contributed by atoms with Crippen LogP contribution < -0.4 is 11.1 Å². The van der Waals surface area contributed by atoms with E-state index >= 15 is 0 Å². The van der Waals surface area contributed by atoms with Gasteiger partial charge in [-0.05, 0) is 39.0 Å². The molecule has 8 heteroatoms. The molecule has 2 aliphatic rings. The molecule has 2 aliphatic heterocycles. The minimum Gasteiger partial charge on any atom is -0.459 e. The molecule has 1 amide bonds. The molecule has 0 fully saturated rings. The number of nitriles is 1. The van der Waals surface area contributed by atoms with E-state index in [-0.39, 0.29) is 22.8 Å². The van der Waals surface area contributed by atoms with Crippen molar-refractivity contribution in [3.63, 3.8) is 0 Å². The van der Waals surface area contributed by atoms with Gasteiger partial charge in [0.15, 0.2) is 5.41 Å². The Morgan fingerprint density at radius 2 is 2.15 bits per heavy atom. The molecule has 1 atom stereocenters. The summed E-state index contributed by atoms with van der Waals surface area (Å²) in [5, 5.41) is 12.7. The fraction of sp³-hybridized carbons (Fsp3) is 0.278. The van der Waals surface area contributed by atoms with Gasteiger partial charge in [-0.1, -0.05) is 11.6 Å². The number of benzene rings is 1. The number of halogens is 1. The molecule has 0 radical (unpaired) electrons. The average molecular weight is 374 g/mol. The van der Waals surface area contributed by atoms with Crippen LogP contribution in [0, 0.1) is 11.3 Å². The first-order chi connectivity index (χ1) is 12.2. The third-order valence-electron chi connectivity index (χ3n) is 4.24. The van der Waals surface area contributed by atoms with Gasteiger partial charge in [-0.2, -0.15) is 5.26 Å². The van der Waals surface area contributed by atoms with Gasteiger partial charge in [0.2, 0.25) is 11.8 Å². The number of hydrogen-bond acceptors (Lipinski definition) is 6. The molecule has 2 heterocycles. The van der Waals surface area contributed by atoms with Crippen LogP contribution in [0.4, 0.5) is 5.69 Å². The molecule has 1 spiro atoms. The van der Waals surface area contributed by atoms with Crippen LogP contribution in [0.5, 0.6) is 0 Å². The summed E-state index contributed by atoms with van der Waals surface area (Å²) in [6, 6.07) is 6.65. The molecule has 0 bridgehead atoms. The van der Waals surface area contributed by atoms with Crippen LogP contribution in [0.3, 0.4) is 0 Å². The first kappa shape index (κ1) is 17.8. The molecule has 7 nitrogen and oxygen atoms in total. The molecule has 3 rings (SSSR count). The zero-order valence-corrected chi connectivity index (χ0v) is 15.1. The second-order valence-corrected chi connectivity index (χ2v) is 6.67. The fourth-order valence-electron chi connectivity index (χ4n) is 3.32. The Hall–Kier alpha value is -2.98. The highest BCUT2D eigenvalue weighted by Gasteiger charge is 2.60. The summed E-state index contributed by atoms with van der Waals surface area (Å²) in [5.74, 6) is -1.50. The van der Waals surface area contributed by atoms with Crippen molar-refractivity contribution in [2.75, 3.05) is 5.32 Å². The van der Waals surface area contributed by atoms with E-state index in [0.29, 0.717) is 16.3 Å². The number of amides is 1. The van der Waals surface area contributed by atoms with Crippen LogP contribution >= 0.6 is 11.6 Å². The number of hydrogen-bond donors (Lipinski definition) is 2. The molecule has 1 aromatic rings. The van der Waals surface area contributed by atoms with Crippen molar-refractivity contribution in [1.82, 2.24) is 0 Å². The number of ether oxygens (including phenoxy) is 2. The third kappa shape index (κ3) is 2.34. The fourth-order valence-corrected chi connectivity index (χ4v) is 3.49. The molecule has 0 unspecified atom stereocenters. The highest BCUT2D eigenvalue weighted by molar-refractivity contribution is 6.31. The number of esters is 1. The second kappa shape index (κ2) is 6.07. The van der Waals surface area contributed by atoms with Crippen molar-refractivity contribution < 1.29 is 19.1 Å². The number of carbonyl (C=O) groups excluding carboxylic acids is 2. The molecule has 3 N–H and O–H groups in total. The van der Waals surface area contributed by atoms with E-state index in [1.54, 1.807) is 26.0 Å². The van der Waals surface area contributed by atoms with Gasteiger partial charge in [-0.25, -0.2) is 4.79 Å². The molecule has 0 saturated heterocycles. The Kier molecular flexibility index (Phi) is 4.17. The predicted molar refractivity (Wildman–Crippen MR) is 93.6 cm³/mol. The summed E-state index contributed by atoms with van der Waals surface area (Å²) < 4.78 is 10.7. The lowest BCUT2D eigenvalue weighted by Gasteiger charge is -2.34. The monoisotopic (exact) mass is 373 g/mol. The molecule has 0 aromatic heterocycles. The van der Waals surface area contributed by atoms with Crippen LogP contribution in [0.25, 0.3) is 0 Å². The minimum atomic E-state index is -1.77. The van der Waals surface area contributed by atoms with Crippen LogP contribution in [0.1, 0.15) is 26.3 Å². The van der Waals surface area contributed by atoms with E-state index in [2.05, 4.69) is 5.32 Å². The molecule has 0 aliphatic carbocycles. The molecule has 134 valence electrons. The maximum absolute atomic E-state index is 13.1. The predicted octanol–water partition coefficient (Wildman–Crippen LogP) is 2.48. The number of nitrogens with zero attached hydrogens (tertiary/aromatic N) is 1. The van der Waals surface area contributed by atoms with Crippen LogP contribution in [0.15, 0.2) is 41.0 Å². The van der Waals surface area contributed by atoms with Crippen molar-refractivity contribution in [3.8, 4) is 6.07 Å². The zero-order valence-electron chi connectivity index (χ0n) is 14.3. The Labute approximate surface area is 155 Å². The lowest BCUT2D eigenvalue weighted by atomic mass is 9.68. The number of carbonyl (C=O) groups is 2. The summed E-state index contributed by atoms with van der Waals surface area (Å²) in [6.07, 6.45) is -0.433.